The molecule has 0 saturated carbocycles. The quantitative estimate of drug-likeness (QED) is 0.424. The Bertz CT molecular complexity index is 1200. The number of aliphatic imine (C=N–C) groups is 1. The summed E-state index contributed by atoms with van der Waals surface area (Å²) in [6.45, 7) is 3.36. The lowest BCUT2D eigenvalue weighted by molar-refractivity contribution is 0.583. The van der Waals surface area contributed by atoms with E-state index in [1.54, 1.807) is 25.1 Å². The SMILES string of the molecule is Cc1cc2c(cc1F)CC(=Nc1ncc(-c3ccc(CNCCCN)c(F)c3)c(=O)[nH]1)N2. The number of nitrogens with two attached hydrogens (primary N) is 1. The summed E-state index contributed by atoms with van der Waals surface area (Å²) >= 11 is 0. The molecule has 166 valence electrons. The summed E-state index contributed by atoms with van der Waals surface area (Å²) in [6.07, 6.45) is 2.59. The second-order valence-corrected chi connectivity index (χ2v) is 7.69. The second kappa shape index (κ2) is 9.37. The van der Waals surface area contributed by atoms with Gasteiger partial charge in [0.2, 0.25) is 5.95 Å². The molecule has 0 radical (unpaired) electrons. The van der Waals surface area contributed by atoms with Crippen LogP contribution in [-0.2, 0) is 13.0 Å². The summed E-state index contributed by atoms with van der Waals surface area (Å²) < 4.78 is 28.2. The maximum Gasteiger partial charge on any atom is 0.260 e. The van der Waals surface area contributed by atoms with E-state index in [1.165, 1.54) is 18.3 Å². The Balaban J connectivity index is 1.50. The number of amidine groups is 1. The number of nitrogens with zero attached hydrogens (tertiary/aromatic N) is 2. The van der Waals surface area contributed by atoms with Gasteiger partial charge in [0, 0.05) is 30.4 Å². The van der Waals surface area contributed by atoms with E-state index >= 15 is 0 Å². The Hall–Kier alpha value is -3.43. The van der Waals surface area contributed by atoms with Crippen molar-refractivity contribution in [1.29, 1.82) is 0 Å². The number of aromatic nitrogens is 2. The van der Waals surface area contributed by atoms with Crippen LogP contribution in [0.3, 0.4) is 0 Å². The van der Waals surface area contributed by atoms with Crippen LogP contribution in [0.25, 0.3) is 11.1 Å². The molecular formula is C23H24F2N6O. The summed E-state index contributed by atoms with van der Waals surface area (Å²) in [5.41, 5.74) is 8.32. The number of halogens is 2. The first-order valence-corrected chi connectivity index (χ1v) is 10.4. The number of aryl methyl sites for hydroxylation is 1. The monoisotopic (exact) mass is 438 g/mol. The molecule has 5 N–H and O–H groups in total. The molecule has 0 amide bonds. The first kappa shape index (κ1) is 21.8. The van der Waals surface area contributed by atoms with E-state index in [2.05, 4.69) is 25.6 Å². The van der Waals surface area contributed by atoms with Crippen molar-refractivity contribution in [3.8, 4) is 11.1 Å². The lowest BCUT2D eigenvalue weighted by Crippen LogP contribution is -2.18. The maximum absolute atomic E-state index is 14.5. The van der Waals surface area contributed by atoms with Crippen molar-refractivity contribution in [2.45, 2.75) is 26.3 Å². The van der Waals surface area contributed by atoms with Gasteiger partial charge in [-0.1, -0.05) is 12.1 Å². The van der Waals surface area contributed by atoms with E-state index in [4.69, 9.17) is 5.73 Å². The van der Waals surface area contributed by atoms with Gasteiger partial charge in [0.15, 0.2) is 0 Å². The lowest BCUT2D eigenvalue weighted by Gasteiger charge is -2.08. The fourth-order valence-electron chi connectivity index (χ4n) is 3.52. The zero-order valence-electron chi connectivity index (χ0n) is 17.6. The van der Waals surface area contributed by atoms with Crippen LogP contribution in [0.2, 0.25) is 0 Å². The minimum atomic E-state index is -0.426. The third-order valence-corrected chi connectivity index (χ3v) is 5.29. The van der Waals surface area contributed by atoms with E-state index in [1.807, 2.05) is 0 Å². The predicted molar refractivity (Wildman–Crippen MR) is 121 cm³/mol. The first-order chi connectivity index (χ1) is 15.4. The third-order valence-electron chi connectivity index (χ3n) is 5.29. The summed E-state index contributed by atoms with van der Waals surface area (Å²) in [7, 11) is 0. The highest BCUT2D eigenvalue weighted by atomic mass is 19.1. The van der Waals surface area contributed by atoms with Crippen LogP contribution < -0.4 is 21.9 Å². The van der Waals surface area contributed by atoms with E-state index in [0.29, 0.717) is 48.6 Å². The Morgan fingerprint density at radius 3 is 2.81 bits per heavy atom. The average Bonchev–Trinajstić information content (AvgIpc) is 3.13. The highest BCUT2D eigenvalue weighted by molar-refractivity contribution is 6.04. The standard InChI is InChI=1S/C23H24F2N6O/c1-13-7-20-16(9-18(13)24)10-21(29-20)30-23-28-12-17(22(32)31-23)14-3-4-15(19(25)8-14)11-27-6-2-5-26/h3-4,7-9,12,27H,2,5-6,10-11,26H2,1H3,(H2,28,29,30,31,32). The molecule has 0 atom stereocenters. The van der Waals surface area contributed by atoms with E-state index in [0.717, 1.165) is 17.7 Å². The number of hydrogen-bond acceptors (Lipinski definition) is 5. The molecule has 0 fully saturated rings. The highest BCUT2D eigenvalue weighted by Gasteiger charge is 2.18. The summed E-state index contributed by atoms with van der Waals surface area (Å²) in [4.78, 5) is 23.7. The summed E-state index contributed by atoms with van der Waals surface area (Å²) in [5, 5.41) is 6.24. The number of nitrogens with one attached hydrogen (secondary N) is 3. The maximum atomic E-state index is 14.5. The zero-order chi connectivity index (χ0) is 22.7. The number of hydrogen-bond donors (Lipinski definition) is 4. The van der Waals surface area contributed by atoms with Gasteiger partial charge in [0.25, 0.3) is 5.56 Å². The Kier molecular flexibility index (Phi) is 6.38. The molecule has 2 aromatic carbocycles. The molecule has 1 aliphatic heterocycles. The van der Waals surface area contributed by atoms with Crippen LogP contribution >= 0.6 is 0 Å². The molecule has 32 heavy (non-hydrogen) atoms. The molecule has 3 aromatic rings. The number of rotatable bonds is 7. The largest absolute Gasteiger partial charge is 0.343 e. The zero-order valence-corrected chi connectivity index (χ0v) is 17.6. The molecule has 0 unspecified atom stereocenters. The fourth-order valence-corrected chi connectivity index (χ4v) is 3.52. The van der Waals surface area contributed by atoms with E-state index < -0.39 is 11.4 Å². The minimum absolute atomic E-state index is 0.118. The Labute approximate surface area is 183 Å². The number of anilines is 1. The van der Waals surface area contributed by atoms with Crippen molar-refractivity contribution in [3.05, 3.63) is 75.2 Å². The highest BCUT2D eigenvalue weighted by Crippen LogP contribution is 2.27. The van der Waals surface area contributed by atoms with Crippen molar-refractivity contribution in [2.24, 2.45) is 10.7 Å². The molecule has 0 spiro atoms. The van der Waals surface area contributed by atoms with Gasteiger partial charge >= 0.3 is 0 Å². The fraction of sp³-hybridized carbons (Fsp3) is 0.261. The second-order valence-electron chi connectivity index (χ2n) is 7.69. The lowest BCUT2D eigenvalue weighted by atomic mass is 10.1. The van der Waals surface area contributed by atoms with Crippen molar-refractivity contribution in [2.75, 3.05) is 18.4 Å². The Morgan fingerprint density at radius 1 is 1.22 bits per heavy atom. The number of H-pyrrole nitrogens is 1. The van der Waals surface area contributed by atoms with Gasteiger partial charge in [0.05, 0.1) is 5.56 Å². The topological polar surface area (TPSA) is 108 Å². The summed E-state index contributed by atoms with van der Waals surface area (Å²) in [5.74, 6) is 0.0000637. The van der Waals surface area contributed by atoms with Gasteiger partial charge in [0.1, 0.15) is 17.5 Å². The van der Waals surface area contributed by atoms with Crippen LogP contribution in [0, 0.1) is 18.6 Å². The number of fused-ring (bicyclic) bond motifs is 1. The van der Waals surface area contributed by atoms with Crippen LogP contribution in [0.15, 0.2) is 46.3 Å². The van der Waals surface area contributed by atoms with Gasteiger partial charge in [-0.3, -0.25) is 9.78 Å². The third kappa shape index (κ3) is 4.74. The van der Waals surface area contributed by atoms with Gasteiger partial charge in [-0.15, -0.1) is 0 Å². The van der Waals surface area contributed by atoms with E-state index in [-0.39, 0.29) is 17.3 Å². The van der Waals surface area contributed by atoms with Gasteiger partial charge < -0.3 is 16.4 Å². The molecule has 7 nitrogen and oxygen atoms in total. The molecule has 4 rings (SSSR count). The molecule has 1 aromatic heterocycles. The molecule has 0 aliphatic carbocycles. The van der Waals surface area contributed by atoms with Crippen molar-refractivity contribution in [1.82, 2.24) is 15.3 Å². The van der Waals surface area contributed by atoms with Gasteiger partial charge in [-0.05, 0) is 61.3 Å². The molecule has 9 heteroatoms. The average molecular weight is 438 g/mol. The molecule has 1 aliphatic rings. The Morgan fingerprint density at radius 2 is 2.06 bits per heavy atom. The van der Waals surface area contributed by atoms with Crippen molar-refractivity contribution >= 4 is 17.5 Å². The molecule has 0 saturated heterocycles. The van der Waals surface area contributed by atoms with Crippen molar-refractivity contribution in [3.63, 3.8) is 0 Å². The first-order valence-electron chi connectivity index (χ1n) is 10.4. The van der Waals surface area contributed by atoms with E-state index in [9.17, 15) is 13.6 Å². The van der Waals surface area contributed by atoms with Crippen molar-refractivity contribution < 1.29 is 8.78 Å². The van der Waals surface area contributed by atoms with Crippen LogP contribution in [0.4, 0.5) is 20.4 Å². The summed E-state index contributed by atoms with van der Waals surface area (Å²) in [6, 6.07) is 7.86. The normalized spacial score (nSPS) is 13.9. The number of benzene rings is 2. The number of aromatic amines is 1. The van der Waals surface area contributed by atoms with Gasteiger partial charge in [-0.2, -0.15) is 4.99 Å². The molecule has 2 heterocycles. The predicted octanol–water partition coefficient (Wildman–Crippen LogP) is 3.16. The smallest absolute Gasteiger partial charge is 0.260 e. The minimum Gasteiger partial charge on any atom is -0.343 e. The van der Waals surface area contributed by atoms with Crippen LogP contribution in [0.5, 0.6) is 0 Å². The molecular weight excluding hydrogens is 414 g/mol. The molecule has 0 bridgehead atoms. The van der Waals surface area contributed by atoms with Crippen LogP contribution in [0.1, 0.15) is 23.1 Å². The van der Waals surface area contributed by atoms with Gasteiger partial charge in [-0.25, -0.2) is 13.8 Å². The van der Waals surface area contributed by atoms with Crippen LogP contribution in [-0.4, -0.2) is 28.9 Å².